The minimum atomic E-state index is -0.334. The van der Waals surface area contributed by atoms with E-state index in [0.717, 1.165) is 11.3 Å². The molecule has 2 aromatic rings. The molecular weight excluding hydrogens is 266 g/mol. The largest absolute Gasteiger partial charge is 0.493 e. The van der Waals surface area contributed by atoms with Crippen molar-refractivity contribution in [3.8, 4) is 5.75 Å². The van der Waals surface area contributed by atoms with Crippen LogP contribution >= 0.6 is 11.6 Å². The molecule has 0 saturated heterocycles. The van der Waals surface area contributed by atoms with Gasteiger partial charge in [-0.3, -0.25) is 10.5 Å². The van der Waals surface area contributed by atoms with Crippen LogP contribution in [-0.2, 0) is 7.05 Å². The smallest absolute Gasteiger partial charge is 0.161 e. The summed E-state index contributed by atoms with van der Waals surface area (Å²) in [6, 6.07) is 4.94. The fraction of sp³-hybridized carbons (Fsp3) is 0.250. The lowest BCUT2D eigenvalue weighted by atomic mass is 10.0. The molecule has 1 aromatic carbocycles. The highest BCUT2D eigenvalue weighted by Crippen LogP contribution is 2.32. The second kappa shape index (κ2) is 5.48. The van der Waals surface area contributed by atoms with Crippen LogP contribution in [0.3, 0.4) is 0 Å². The van der Waals surface area contributed by atoms with Crippen molar-refractivity contribution in [1.82, 2.24) is 15.2 Å². The van der Waals surface area contributed by atoms with Crippen LogP contribution in [0.1, 0.15) is 17.3 Å². The molecule has 0 aliphatic rings. The third kappa shape index (κ3) is 2.51. The molecule has 0 fully saturated rings. The van der Waals surface area contributed by atoms with Crippen molar-refractivity contribution in [2.45, 2.75) is 6.04 Å². The van der Waals surface area contributed by atoms with Crippen LogP contribution in [0.2, 0.25) is 5.02 Å². The van der Waals surface area contributed by atoms with Crippen LogP contribution in [0.5, 0.6) is 5.75 Å². The van der Waals surface area contributed by atoms with Crippen LogP contribution in [-0.4, -0.2) is 16.9 Å². The van der Waals surface area contributed by atoms with E-state index in [1.807, 2.05) is 13.1 Å². The minimum Gasteiger partial charge on any atom is -0.493 e. The molecule has 102 valence electrons. The summed E-state index contributed by atoms with van der Waals surface area (Å²) in [5.41, 5.74) is 10.9. The topological polar surface area (TPSA) is 91.1 Å². The van der Waals surface area contributed by atoms with Crippen LogP contribution in [0.25, 0.3) is 0 Å². The van der Waals surface area contributed by atoms with Crippen molar-refractivity contribution in [1.29, 1.82) is 0 Å². The van der Waals surface area contributed by atoms with Gasteiger partial charge in [-0.25, -0.2) is 5.43 Å². The van der Waals surface area contributed by atoms with Crippen LogP contribution in [0.15, 0.2) is 24.4 Å². The van der Waals surface area contributed by atoms with Gasteiger partial charge in [-0.2, -0.15) is 5.10 Å². The van der Waals surface area contributed by atoms with Crippen LogP contribution < -0.4 is 21.7 Å². The lowest BCUT2D eigenvalue weighted by molar-refractivity contribution is 0.401. The Morgan fingerprint density at radius 2 is 2.21 bits per heavy atom. The Labute approximate surface area is 116 Å². The van der Waals surface area contributed by atoms with E-state index in [4.69, 9.17) is 27.9 Å². The van der Waals surface area contributed by atoms with Gasteiger partial charge in [0.25, 0.3) is 0 Å². The predicted octanol–water partition coefficient (Wildman–Crippen LogP) is 1.22. The lowest BCUT2D eigenvalue weighted by Gasteiger charge is -2.19. The number of hydrogen-bond acceptors (Lipinski definition) is 5. The third-order valence-corrected chi connectivity index (χ3v) is 3.20. The Morgan fingerprint density at radius 3 is 2.79 bits per heavy atom. The standard InChI is InChI=1S/C12H16ClN5O/c1-18-12(10(19-2)6-16-18)11(17-15)8-4-3-7(13)5-9(8)14/h3-6,11,17H,14-15H2,1-2H3. The molecule has 1 unspecified atom stereocenters. The maximum Gasteiger partial charge on any atom is 0.161 e. The summed E-state index contributed by atoms with van der Waals surface area (Å²) in [6.07, 6.45) is 1.63. The first-order valence-electron chi connectivity index (χ1n) is 5.65. The Morgan fingerprint density at radius 1 is 1.47 bits per heavy atom. The number of nitrogens with two attached hydrogens (primary N) is 2. The number of benzene rings is 1. The predicted molar refractivity (Wildman–Crippen MR) is 74.8 cm³/mol. The van der Waals surface area contributed by atoms with E-state index in [1.165, 1.54) is 0 Å². The van der Waals surface area contributed by atoms with Gasteiger partial charge >= 0.3 is 0 Å². The monoisotopic (exact) mass is 281 g/mol. The number of methoxy groups -OCH3 is 1. The first kappa shape index (κ1) is 13.7. The van der Waals surface area contributed by atoms with Crippen molar-refractivity contribution >= 4 is 17.3 Å². The van der Waals surface area contributed by atoms with Crippen molar-refractivity contribution in [2.75, 3.05) is 12.8 Å². The molecule has 0 amide bonds. The fourth-order valence-corrected chi connectivity index (χ4v) is 2.22. The number of rotatable bonds is 4. The normalized spacial score (nSPS) is 12.4. The van der Waals surface area contributed by atoms with Crippen molar-refractivity contribution < 1.29 is 4.74 Å². The third-order valence-electron chi connectivity index (χ3n) is 2.97. The highest BCUT2D eigenvalue weighted by Gasteiger charge is 2.23. The van der Waals surface area contributed by atoms with E-state index < -0.39 is 0 Å². The van der Waals surface area contributed by atoms with Gasteiger partial charge in [0, 0.05) is 17.8 Å². The average molecular weight is 282 g/mol. The molecule has 0 saturated carbocycles. The van der Waals surface area contributed by atoms with Gasteiger partial charge in [0.1, 0.15) is 5.69 Å². The highest BCUT2D eigenvalue weighted by atomic mass is 35.5. The summed E-state index contributed by atoms with van der Waals surface area (Å²) in [5, 5.41) is 4.74. The maximum absolute atomic E-state index is 6.00. The van der Waals surface area contributed by atoms with E-state index in [9.17, 15) is 0 Å². The summed E-state index contributed by atoms with van der Waals surface area (Å²) in [6.45, 7) is 0. The number of aryl methyl sites for hydroxylation is 1. The van der Waals surface area contributed by atoms with E-state index >= 15 is 0 Å². The molecule has 1 aromatic heterocycles. The van der Waals surface area contributed by atoms with Crippen molar-refractivity contribution in [3.63, 3.8) is 0 Å². The molecule has 1 atom stereocenters. The molecule has 0 radical (unpaired) electrons. The summed E-state index contributed by atoms with van der Waals surface area (Å²) < 4.78 is 6.98. The Balaban J connectivity index is 2.52. The SMILES string of the molecule is COc1cnn(C)c1C(NN)c1ccc(Cl)cc1N. The Bertz CT molecular complexity index is 583. The van der Waals surface area contributed by atoms with Gasteiger partial charge in [0.15, 0.2) is 5.75 Å². The molecule has 0 aliphatic carbocycles. The molecule has 19 heavy (non-hydrogen) atoms. The number of nitrogens with one attached hydrogen (secondary N) is 1. The van der Waals surface area contributed by atoms with Gasteiger partial charge in [0.2, 0.25) is 0 Å². The molecule has 5 N–H and O–H groups in total. The summed E-state index contributed by atoms with van der Waals surface area (Å²) in [4.78, 5) is 0. The quantitative estimate of drug-likeness (QED) is 0.445. The number of halogens is 1. The Kier molecular flexibility index (Phi) is 3.94. The summed E-state index contributed by atoms with van der Waals surface area (Å²) in [7, 11) is 3.40. The minimum absolute atomic E-state index is 0.334. The second-order valence-corrected chi connectivity index (χ2v) is 4.53. The molecule has 0 aliphatic heterocycles. The molecular formula is C12H16ClN5O. The second-order valence-electron chi connectivity index (χ2n) is 4.09. The summed E-state index contributed by atoms with van der Waals surface area (Å²) in [5.74, 6) is 6.30. The molecule has 7 heteroatoms. The lowest BCUT2D eigenvalue weighted by Crippen LogP contribution is -2.31. The van der Waals surface area contributed by atoms with E-state index in [-0.39, 0.29) is 6.04 Å². The zero-order valence-electron chi connectivity index (χ0n) is 10.7. The van der Waals surface area contributed by atoms with E-state index in [0.29, 0.717) is 16.5 Å². The molecule has 6 nitrogen and oxygen atoms in total. The molecule has 0 bridgehead atoms. The van der Waals surface area contributed by atoms with Crippen LogP contribution in [0, 0.1) is 0 Å². The zero-order chi connectivity index (χ0) is 14.0. The number of nitrogens with zero attached hydrogens (tertiary/aromatic N) is 2. The van der Waals surface area contributed by atoms with Gasteiger partial charge in [-0.1, -0.05) is 17.7 Å². The number of hydrazine groups is 1. The molecule has 1 heterocycles. The molecule has 2 rings (SSSR count). The first-order chi connectivity index (χ1) is 9.08. The zero-order valence-corrected chi connectivity index (χ0v) is 11.5. The van der Waals surface area contributed by atoms with Gasteiger partial charge in [-0.15, -0.1) is 0 Å². The van der Waals surface area contributed by atoms with E-state index in [2.05, 4.69) is 10.5 Å². The fourth-order valence-electron chi connectivity index (χ4n) is 2.04. The highest BCUT2D eigenvalue weighted by molar-refractivity contribution is 6.30. The number of aromatic nitrogens is 2. The first-order valence-corrected chi connectivity index (χ1v) is 6.03. The number of anilines is 1. The number of ether oxygens (including phenoxy) is 1. The maximum atomic E-state index is 6.00. The molecule has 0 spiro atoms. The van der Waals surface area contributed by atoms with Gasteiger partial charge in [0.05, 0.1) is 19.3 Å². The number of hydrogen-bond donors (Lipinski definition) is 3. The van der Waals surface area contributed by atoms with Crippen LogP contribution in [0.4, 0.5) is 5.69 Å². The average Bonchev–Trinajstić information content (AvgIpc) is 2.74. The van der Waals surface area contributed by atoms with Gasteiger partial charge < -0.3 is 10.5 Å². The van der Waals surface area contributed by atoms with E-state index in [1.54, 1.807) is 30.1 Å². The summed E-state index contributed by atoms with van der Waals surface area (Å²) >= 11 is 5.91. The van der Waals surface area contributed by atoms with Crippen molar-refractivity contribution in [2.24, 2.45) is 12.9 Å². The Hall–Kier alpha value is -1.76. The van der Waals surface area contributed by atoms with Gasteiger partial charge in [-0.05, 0) is 17.7 Å². The van der Waals surface area contributed by atoms with Crippen molar-refractivity contribution in [3.05, 3.63) is 40.7 Å². The number of nitrogen functional groups attached to an aromatic ring is 1.